The van der Waals surface area contributed by atoms with E-state index in [9.17, 15) is 0 Å². The van der Waals surface area contributed by atoms with Crippen molar-refractivity contribution in [3.05, 3.63) is 22.2 Å². The molecule has 1 aromatic rings. The van der Waals surface area contributed by atoms with Crippen molar-refractivity contribution in [2.45, 2.75) is 40.2 Å². The third kappa shape index (κ3) is 4.85. The first-order valence-electron chi connectivity index (χ1n) is 8.51. The van der Waals surface area contributed by atoms with Gasteiger partial charge in [0.15, 0.2) is 11.5 Å². The second-order valence-corrected chi connectivity index (χ2v) is 7.52. The molecular formula is C18H29BrN2O2. The Balaban J connectivity index is 2.13. The van der Waals surface area contributed by atoms with Crippen LogP contribution in [0.5, 0.6) is 11.5 Å². The van der Waals surface area contributed by atoms with Gasteiger partial charge in [-0.05, 0) is 71.9 Å². The first kappa shape index (κ1) is 18.6. The molecule has 2 rings (SSSR count). The highest BCUT2D eigenvalue weighted by atomic mass is 79.9. The van der Waals surface area contributed by atoms with Crippen molar-refractivity contribution in [3.8, 4) is 11.5 Å². The Morgan fingerprint density at radius 1 is 1.30 bits per heavy atom. The van der Waals surface area contributed by atoms with Gasteiger partial charge >= 0.3 is 0 Å². The molecule has 0 spiro atoms. The van der Waals surface area contributed by atoms with E-state index >= 15 is 0 Å². The zero-order chi connectivity index (χ0) is 16.9. The van der Waals surface area contributed by atoms with E-state index < -0.39 is 0 Å². The first-order valence-corrected chi connectivity index (χ1v) is 9.31. The third-order valence-corrected chi connectivity index (χ3v) is 4.94. The summed E-state index contributed by atoms with van der Waals surface area (Å²) in [4.78, 5) is 2.47. The number of benzene rings is 1. The normalized spacial score (nSPS) is 21.6. The van der Waals surface area contributed by atoms with Crippen molar-refractivity contribution in [1.29, 1.82) is 0 Å². The van der Waals surface area contributed by atoms with E-state index in [0.29, 0.717) is 13.2 Å². The SMILES string of the molecule is CCCOc1c(Br)cc(CN2CCC(C)(CN)C2)cc1OCC. The Morgan fingerprint density at radius 2 is 2.09 bits per heavy atom. The van der Waals surface area contributed by atoms with Crippen LogP contribution in [0.1, 0.15) is 39.2 Å². The van der Waals surface area contributed by atoms with Crippen LogP contribution in [0.4, 0.5) is 0 Å². The molecule has 23 heavy (non-hydrogen) atoms. The number of hydrogen-bond acceptors (Lipinski definition) is 4. The molecule has 0 saturated carbocycles. The number of ether oxygens (including phenoxy) is 2. The van der Waals surface area contributed by atoms with E-state index in [1.165, 1.54) is 12.0 Å². The van der Waals surface area contributed by atoms with E-state index in [2.05, 4.69) is 46.8 Å². The van der Waals surface area contributed by atoms with Crippen molar-refractivity contribution in [3.63, 3.8) is 0 Å². The quantitative estimate of drug-likeness (QED) is 0.739. The summed E-state index contributed by atoms with van der Waals surface area (Å²) in [5.74, 6) is 1.64. The summed E-state index contributed by atoms with van der Waals surface area (Å²) in [6.45, 7) is 11.5. The molecule has 0 amide bonds. The fourth-order valence-electron chi connectivity index (χ4n) is 3.01. The smallest absolute Gasteiger partial charge is 0.175 e. The van der Waals surface area contributed by atoms with Crippen molar-refractivity contribution >= 4 is 15.9 Å². The van der Waals surface area contributed by atoms with Gasteiger partial charge in [0.05, 0.1) is 17.7 Å². The lowest BCUT2D eigenvalue weighted by atomic mass is 9.90. The number of likely N-dealkylation sites (tertiary alicyclic amines) is 1. The minimum absolute atomic E-state index is 0.254. The van der Waals surface area contributed by atoms with Crippen LogP contribution in [-0.4, -0.2) is 37.7 Å². The fraction of sp³-hybridized carbons (Fsp3) is 0.667. The third-order valence-electron chi connectivity index (χ3n) is 4.36. The van der Waals surface area contributed by atoms with Crippen LogP contribution in [-0.2, 0) is 6.54 Å². The van der Waals surface area contributed by atoms with E-state index in [4.69, 9.17) is 15.2 Å². The second-order valence-electron chi connectivity index (χ2n) is 6.66. The number of rotatable bonds is 8. The number of nitrogens with two attached hydrogens (primary N) is 1. The molecule has 1 saturated heterocycles. The standard InChI is InChI=1S/C18H29BrN2O2/c1-4-8-23-17-15(19)9-14(10-16(17)22-5-2)11-21-7-6-18(3,12-20)13-21/h9-10H,4-8,11-13,20H2,1-3H3. The summed E-state index contributed by atoms with van der Waals surface area (Å²) in [5.41, 5.74) is 7.40. The largest absolute Gasteiger partial charge is 0.490 e. The van der Waals surface area contributed by atoms with Crippen LogP contribution in [0.25, 0.3) is 0 Å². The van der Waals surface area contributed by atoms with Gasteiger partial charge in [-0.2, -0.15) is 0 Å². The monoisotopic (exact) mass is 384 g/mol. The lowest BCUT2D eigenvalue weighted by molar-refractivity contribution is 0.267. The minimum atomic E-state index is 0.254. The lowest BCUT2D eigenvalue weighted by Crippen LogP contribution is -2.31. The molecule has 1 aliphatic rings. The maximum absolute atomic E-state index is 5.91. The van der Waals surface area contributed by atoms with Crippen LogP contribution in [0.3, 0.4) is 0 Å². The molecule has 1 fully saturated rings. The molecule has 1 atom stereocenters. The summed E-state index contributed by atoms with van der Waals surface area (Å²) < 4.78 is 12.6. The average Bonchev–Trinajstić information content (AvgIpc) is 2.89. The van der Waals surface area contributed by atoms with Gasteiger partial charge in [-0.15, -0.1) is 0 Å². The van der Waals surface area contributed by atoms with E-state index in [1.54, 1.807) is 0 Å². The van der Waals surface area contributed by atoms with Crippen molar-refractivity contribution in [2.75, 3.05) is 32.8 Å². The maximum Gasteiger partial charge on any atom is 0.175 e. The summed E-state index contributed by atoms with van der Waals surface area (Å²) in [6.07, 6.45) is 2.14. The van der Waals surface area contributed by atoms with Crippen LogP contribution < -0.4 is 15.2 Å². The van der Waals surface area contributed by atoms with Crippen molar-refractivity contribution in [2.24, 2.45) is 11.1 Å². The molecule has 0 aliphatic carbocycles. The van der Waals surface area contributed by atoms with E-state index in [-0.39, 0.29) is 5.41 Å². The van der Waals surface area contributed by atoms with Gasteiger partial charge in [0.1, 0.15) is 0 Å². The second kappa shape index (κ2) is 8.36. The molecule has 5 heteroatoms. The zero-order valence-electron chi connectivity index (χ0n) is 14.5. The van der Waals surface area contributed by atoms with Crippen molar-refractivity contribution < 1.29 is 9.47 Å². The highest BCUT2D eigenvalue weighted by Crippen LogP contribution is 2.38. The molecule has 0 aromatic heterocycles. The molecule has 130 valence electrons. The highest BCUT2D eigenvalue weighted by molar-refractivity contribution is 9.10. The number of nitrogens with zero attached hydrogens (tertiary/aromatic N) is 1. The van der Waals surface area contributed by atoms with E-state index in [0.717, 1.165) is 48.6 Å². The Hall–Kier alpha value is -0.780. The van der Waals surface area contributed by atoms with Crippen LogP contribution in [0, 0.1) is 5.41 Å². The zero-order valence-corrected chi connectivity index (χ0v) is 16.1. The Bertz CT molecular complexity index is 524. The first-order chi connectivity index (χ1) is 11.0. The molecule has 1 aliphatic heterocycles. The van der Waals surface area contributed by atoms with Gasteiger partial charge in [0.25, 0.3) is 0 Å². The van der Waals surface area contributed by atoms with Gasteiger partial charge in [-0.25, -0.2) is 0 Å². The molecule has 0 bridgehead atoms. The van der Waals surface area contributed by atoms with Gasteiger partial charge in [-0.3, -0.25) is 4.90 Å². The summed E-state index contributed by atoms with van der Waals surface area (Å²) in [5, 5.41) is 0. The summed E-state index contributed by atoms with van der Waals surface area (Å²) >= 11 is 3.64. The molecule has 2 N–H and O–H groups in total. The highest BCUT2D eigenvalue weighted by Gasteiger charge is 2.32. The van der Waals surface area contributed by atoms with E-state index in [1.807, 2.05) is 6.92 Å². The Kier molecular flexibility index (Phi) is 6.74. The molecule has 1 aromatic carbocycles. The lowest BCUT2D eigenvalue weighted by Gasteiger charge is -2.23. The number of hydrogen-bond donors (Lipinski definition) is 1. The Labute approximate surface area is 148 Å². The summed E-state index contributed by atoms with van der Waals surface area (Å²) in [6, 6.07) is 4.25. The maximum atomic E-state index is 5.91. The summed E-state index contributed by atoms with van der Waals surface area (Å²) in [7, 11) is 0. The van der Waals surface area contributed by atoms with Crippen LogP contribution in [0.15, 0.2) is 16.6 Å². The van der Waals surface area contributed by atoms with Crippen molar-refractivity contribution in [1.82, 2.24) is 4.90 Å². The predicted molar refractivity (Wildman–Crippen MR) is 98.2 cm³/mol. The van der Waals surface area contributed by atoms with Gasteiger partial charge < -0.3 is 15.2 Å². The fourth-order valence-corrected chi connectivity index (χ4v) is 3.61. The van der Waals surface area contributed by atoms with Crippen LogP contribution in [0.2, 0.25) is 0 Å². The Morgan fingerprint density at radius 3 is 2.70 bits per heavy atom. The molecule has 0 radical (unpaired) electrons. The van der Waals surface area contributed by atoms with Gasteiger partial charge in [0.2, 0.25) is 0 Å². The number of halogens is 1. The molecule has 1 unspecified atom stereocenters. The minimum Gasteiger partial charge on any atom is -0.490 e. The van der Waals surface area contributed by atoms with Crippen LogP contribution >= 0.6 is 15.9 Å². The van der Waals surface area contributed by atoms with Gasteiger partial charge in [-0.1, -0.05) is 13.8 Å². The molecule has 4 nitrogen and oxygen atoms in total. The molecule has 1 heterocycles. The molecular weight excluding hydrogens is 356 g/mol. The average molecular weight is 385 g/mol. The topological polar surface area (TPSA) is 47.7 Å². The predicted octanol–water partition coefficient (Wildman–Crippen LogP) is 3.81. The van der Waals surface area contributed by atoms with Gasteiger partial charge in [0, 0.05) is 13.1 Å².